The number of alkyl carbamates (subject to hydrolysis) is 1. The van der Waals surface area contributed by atoms with E-state index in [-0.39, 0.29) is 18.1 Å². The summed E-state index contributed by atoms with van der Waals surface area (Å²) in [6.45, 7) is 5.49. The predicted molar refractivity (Wildman–Crippen MR) is 56.6 cm³/mol. The van der Waals surface area contributed by atoms with Crippen molar-refractivity contribution in [2.75, 3.05) is 0 Å². The van der Waals surface area contributed by atoms with Crippen LogP contribution in [0.15, 0.2) is 0 Å². The van der Waals surface area contributed by atoms with Gasteiger partial charge < -0.3 is 14.8 Å². The molecule has 1 N–H and O–H groups in total. The third-order valence-electron chi connectivity index (χ3n) is 2.39. The Bertz CT molecular complexity index is 245. The molecule has 0 aromatic carbocycles. The zero-order valence-corrected chi connectivity index (χ0v) is 9.58. The molecule has 0 spiro atoms. The molecule has 0 unspecified atom stereocenters. The van der Waals surface area contributed by atoms with Gasteiger partial charge in [0.25, 0.3) is 0 Å². The lowest BCUT2D eigenvalue weighted by atomic mass is 10.1. The molecule has 1 aliphatic carbocycles. The lowest BCUT2D eigenvalue weighted by Crippen LogP contribution is -2.37. The minimum absolute atomic E-state index is 0.0926. The second-order valence-corrected chi connectivity index (χ2v) is 5.05. The van der Waals surface area contributed by atoms with Crippen molar-refractivity contribution >= 4 is 12.4 Å². The molecule has 4 heteroatoms. The molecule has 1 aliphatic rings. The molecule has 1 saturated carbocycles. The van der Waals surface area contributed by atoms with Gasteiger partial charge >= 0.3 is 6.09 Å². The Morgan fingerprint density at radius 2 is 2.07 bits per heavy atom. The Balaban J connectivity index is 2.31. The molecule has 0 aromatic heterocycles. The molecule has 1 fully saturated rings. The van der Waals surface area contributed by atoms with Gasteiger partial charge in [-0.2, -0.15) is 0 Å². The van der Waals surface area contributed by atoms with Gasteiger partial charge in [0.1, 0.15) is 11.9 Å². The highest BCUT2D eigenvalue weighted by Crippen LogP contribution is 2.23. The molecule has 1 rings (SSSR count). The molecule has 0 aliphatic heterocycles. The maximum atomic E-state index is 11.4. The first-order chi connectivity index (χ1) is 6.90. The van der Waals surface area contributed by atoms with Gasteiger partial charge in [-0.25, -0.2) is 4.79 Å². The molecule has 0 saturated heterocycles. The molecular formula is C11H19NO3. The van der Waals surface area contributed by atoms with Crippen molar-refractivity contribution < 1.29 is 14.3 Å². The Labute approximate surface area is 90.4 Å². The summed E-state index contributed by atoms with van der Waals surface area (Å²) >= 11 is 0. The van der Waals surface area contributed by atoms with Crippen LogP contribution < -0.4 is 5.32 Å². The van der Waals surface area contributed by atoms with Crippen molar-refractivity contribution in [2.45, 2.75) is 51.7 Å². The van der Waals surface area contributed by atoms with Gasteiger partial charge in [-0.05, 0) is 40.0 Å². The molecular weight excluding hydrogens is 194 g/mol. The fourth-order valence-corrected chi connectivity index (χ4v) is 1.75. The zero-order chi connectivity index (χ0) is 11.5. The highest BCUT2D eigenvalue weighted by atomic mass is 16.6. The number of hydrogen-bond acceptors (Lipinski definition) is 3. The molecule has 4 nitrogen and oxygen atoms in total. The van der Waals surface area contributed by atoms with Crippen LogP contribution in [0.3, 0.4) is 0 Å². The molecule has 0 radical (unpaired) electrons. The first-order valence-electron chi connectivity index (χ1n) is 5.35. The van der Waals surface area contributed by atoms with Gasteiger partial charge in [0.05, 0.1) is 0 Å². The van der Waals surface area contributed by atoms with E-state index in [1.165, 1.54) is 0 Å². The molecule has 15 heavy (non-hydrogen) atoms. The van der Waals surface area contributed by atoms with Crippen LogP contribution in [0.2, 0.25) is 0 Å². The first kappa shape index (κ1) is 12.0. The summed E-state index contributed by atoms with van der Waals surface area (Å²) in [6, 6.07) is 0.0926. The number of ether oxygens (including phenoxy) is 1. The van der Waals surface area contributed by atoms with E-state index in [4.69, 9.17) is 4.74 Å². The van der Waals surface area contributed by atoms with Crippen molar-refractivity contribution in [1.82, 2.24) is 5.32 Å². The average molecular weight is 213 g/mol. The number of amides is 1. The number of carbonyl (C=O) groups excluding carboxylic acids is 2. The fourth-order valence-electron chi connectivity index (χ4n) is 1.75. The van der Waals surface area contributed by atoms with Crippen molar-refractivity contribution in [3.63, 3.8) is 0 Å². The van der Waals surface area contributed by atoms with Gasteiger partial charge in [-0.3, -0.25) is 0 Å². The highest BCUT2D eigenvalue weighted by molar-refractivity contribution is 5.68. The van der Waals surface area contributed by atoms with Gasteiger partial charge in [-0.1, -0.05) is 0 Å². The van der Waals surface area contributed by atoms with Crippen molar-refractivity contribution in [1.29, 1.82) is 0 Å². The summed E-state index contributed by atoms with van der Waals surface area (Å²) in [5, 5.41) is 2.78. The maximum Gasteiger partial charge on any atom is 0.407 e. The maximum absolute atomic E-state index is 11.4. The van der Waals surface area contributed by atoms with E-state index >= 15 is 0 Å². The summed E-state index contributed by atoms with van der Waals surface area (Å²) < 4.78 is 5.13. The van der Waals surface area contributed by atoms with Crippen LogP contribution in [-0.2, 0) is 9.53 Å². The molecule has 2 atom stereocenters. The number of carbonyl (C=O) groups is 2. The summed E-state index contributed by atoms with van der Waals surface area (Å²) in [5.41, 5.74) is -0.466. The van der Waals surface area contributed by atoms with Gasteiger partial charge in [0.15, 0.2) is 0 Å². The van der Waals surface area contributed by atoms with Gasteiger partial charge in [0, 0.05) is 12.0 Å². The molecule has 0 heterocycles. The Morgan fingerprint density at radius 3 is 2.53 bits per heavy atom. The number of nitrogens with one attached hydrogen (secondary N) is 1. The normalized spacial score (nSPS) is 26.1. The van der Waals surface area contributed by atoms with Crippen LogP contribution in [0.1, 0.15) is 40.0 Å². The summed E-state index contributed by atoms with van der Waals surface area (Å²) in [6.07, 6.45) is 3.05. The fraction of sp³-hybridized carbons (Fsp3) is 0.818. The van der Waals surface area contributed by atoms with Crippen LogP contribution in [0.5, 0.6) is 0 Å². The van der Waals surface area contributed by atoms with E-state index < -0.39 is 5.60 Å². The van der Waals surface area contributed by atoms with Gasteiger partial charge in [0.2, 0.25) is 0 Å². The SMILES string of the molecule is CC(C)(C)OC(=O)N[C@@H]1CC[C@H](C=O)C1. The van der Waals surface area contributed by atoms with Crippen molar-refractivity contribution in [3.05, 3.63) is 0 Å². The lowest BCUT2D eigenvalue weighted by molar-refractivity contribution is -0.110. The third kappa shape index (κ3) is 4.32. The molecule has 86 valence electrons. The zero-order valence-electron chi connectivity index (χ0n) is 9.58. The number of rotatable bonds is 2. The smallest absolute Gasteiger partial charge is 0.407 e. The Morgan fingerprint density at radius 1 is 1.40 bits per heavy atom. The van der Waals surface area contributed by atoms with E-state index in [1.54, 1.807) is 0 Å². The van der Waals surface area contributed by atoms with E-state index in [2.05, 4.69) is 5.32 Å². The van der Waals surface area contributed by atoms with E-state index in [0.29, 0.717) is 0 Å². The van der Waals surface area contributed by atoms with Crippen LogP contribution in [-0.4, -0.2) is 24.0 Å². The van der Waals surface area contributed by atoms with Crippen LogP contribution in [0.4, 0.5) is 4.79 Å². The Hall–Kier alpha value is -1.06. The van der Waals surface area contributed by atoms with Crippen molar-refractivity contribution in [3.8, 4) is 0 Å². The highest BCUT2D eigenvalue weighted by Gasteiger charge is 2.27. The lowest BCUT2D eigenvalue weighted by Gasteiger charge is -2.21. The van der Waals surface area contributed by atoms with Crippen LogP contribution >= 0.6 is 0 Å². The largest absolute Gasteiger partial charge is 0.444 e. The summed E-state index contributed by atoms with van der Waals surface area (Å²) in [5.74, 6) is 0.102. The van der Waals surface area contributed by atoms with Crippen LogP contribution in [0, 0.1) is 5.92 Å². The molecule has 1 amide bonds. The predicted octanol–water partition coefficient (Wildman–Crippen LogP) is 1.88. The van der Waals surface area contributed by atoms with Gasteiger partial charge in [-0.15, -0.1) is 0 Å². The monoisotopic (exact) mass is 213 g/mol. The third-order valence-corrected chi connectivity index (χ3v) is 2.39. The van der Waals surface area contributed by atoms with Crippen molar-refractivity contribution in [2.24, 2.45) is 5.92 Å². The van der Waals surface area contributed by atoms with Crippen LogP contribution in [0.25, 0.3) is 0 Å². The average Bonchev–Trinajstić information content (AvgIpc) is 2.48. The number of hydrogen-bond donors (Lipinski definition) is 1. The van der Waals surface area contributed by atoms with E-state index in [1.807, 2.05) is 20.8 Å². The second-order valence-electron chi connectivity index (χ2n) is 5.05. The number of aldehydes is 1. The molecule has 0 bridgehead atoms. The second kappa shape index (κ2) is 4.64. The Kier molecular flexibility index (Phi) is 3.72. The standard InChI is InChI=1S/C11H19NO3/c1-11(2,3)15-10(14)12-9-5-4-8(6-9)7-13/h7-9H,4-6H2,1-3H3,(H,12,14)/t8-,9+/m0/s1. The summed E-state index contributed by atoms with van der Waals surface area (Å²) in [4.78, 5) is 21.9. The topological polar surface area (TPSA) is 55.4 Å². The molecule has 0 aromatic rings. The minimum atomic E-state index is -0.466. The quantitative estimate of drug-likeness (QED) is 0.712. The van der Waals surface area contributed by atoms with E-state index in [9.17, 15) is 9.59 Å². The first-order valence-corrected chi connectivity index (χ1v) is 5.35. The summed E-state index contributed by atoms with van der Waals surface area (Å²) in [7, 11) is 0. The minimum Gasteiger partial charge on any atom is -0.444 e. The van der Waals surface area contributed by atoms with E-state index in [0.717, 1.165) is 25.5 Å².